The predicted octanol–water partition coefficient (Wildman–Crippen LogP) is 1.50. The van der Waals surface area contributed by atoms with Gasteiger partial charge in [-0.15, -0.1) is 6.42 Å². The summed E-state index contributed by atoms with van der Waals surface area (Å²) in [6, 6.07) is 11.2. The van der Waals surface area contributed by atoms with Crippen LogP contribution in [-0.4, -0.2) is 32.6 Å². The van der Waals surface area contributed by atoms with Gasteiger partial charge in [0.25, 0.3) is 5.91 Å². The van der Waals surface area contributed by atoms with Crippen LogP contribution in [0.4, 0.5) is 0 Å². The van der Waals surface area contributed by atoms with Crippen LogP contribution in [-0.2, 0) is 21.4 Å². The summed E-state index contributed by atoms with van der Waals surface area (Å²) in [4.78, 5) is 16.7. The lowest BCUT2D eigenvalue weighted by molar-refractivity contribution is -0.120. The minimum absolute atomic E-state index is 0.0293. The highest BCUT2D eigenvalue weighted by atomic mass is 32.2. The van der Waals surface area contributed by atoms with E-state index in [0.717, 1.165) is 11.3 Å². The van der Waals surface area contributed by atoms with E-state index in [0.29, 0.717) is 26.5 Å². The van der Waals surface area contributed by atoms with E-state index in [1.165, 1.54) is 19.2 Å². The lowest BCUT2D eigenvalue weighted by Crippen LogP contribution is -2.19. The molecule has 3 rings (SSSR count). The Morgan fingerprint density at radius 3 is 2.72 bits per heavy atom. The quantitative estimate of drug-likeness (QED) is 0.594. The van der Waals surface area contributed by atoms with Gasteiger partial charge in [-0.3, -0.25) is 4.79 Å². The van der Waals surface area contributed by atoms with Crippen LogP contribution in [0.5, 0.6) is 11.5 Å². The van der Waals surface area contributed by atoms with Crippen LogP contribution in [0.3, 0.4) is 0 Å². The second-order valence-electron chi connectivity index (χ2n) is 5.82. The maximum Gasteiger partial charge on any atom is 0.286 e. The number of terminal acetylenes is 1. The van der Waals surface area contributed by atoms with Crippen LogP contribution in [0.25, 0.3) is 10.2 Å². The predicted molar refractivity (Wildman–Crippen MR) is 109 cm³/mol. The smallest absolute Gasteiger partial charge is 0.286 e. The molecule has 29 heavy (non-hydrogen) atoms. The maximum atomic E-state index is 12.3. The molecule has 3 aromatic rings. The Labute approximate surface area is 171 Å². The molecule has 1 heterocycles. The number of methoxy groups -OCH3 is 1. The topological polar surface area (TPSA) is 113 Å². The van der Waals surface area contributed by atoms with Crippen molar-refractivity contribution in [1.29, 1.82) is 0 Å². The van der Waals surface area contributed by atoms with E-state index in [-0.39, 0.29) is 18.0 Å². The van der Waals surface area contributed by atoms with Crippen LogP contribution in [0.1, 0.15) is 0 Å². The zero-order valence-corrected chi connectivity index (χ0v) is 17.0. The van der Waals surface area contributed by atoms with Gasteiger partial charge in [0.2, 0.25) is 10.0 Å². The van der Waals surface area contributed by atoms with Crippen molar-refractivity contribution in [2.75, 3.05) is 13.7 Å². The number of aromatic nitrogens is 1. The fraction of sp³-hybridized carbons (Fsp3) is 0.158. The van der Waals surface area contributed by atoms with E-state index in [2.05, 4.69) is 10.9 Å². The first-order chi connectivity index (χ1) is 13.8. The van der Waals surface area contributed by atoms with Crippen molar-refractivity contribution in [1.82, 2.24) is 4.57 Å². The standard InChI is InChI=1S/C19H17N3O5S2/c1-3-9-22-16-8-7-15(29(20,24)25)11-17(16)28-19(22)21-18(23)12-27-14-6-4-5-13(10-14)26-2/h1,4-8,10-11H,9,12H2,2H3,(H2,20,24,25). The third kappa shape index (κ3) is 4.83. The number of sulfonamides is 1. The molecule has 8 nitrogen and oxygen atoms in total. The largest absolute Gasteiger partial charge is 0.497 e. The number of carbonyl (C=O) groups excluding carboxylic acids is 1. The molecule has 0 radical (unpaired) electrons. The SMILES string of the molecule is C#CCn1c(=NC(=O)COc2cccc(OC)c2)sc2cc(S(N)(=O)=O)ccc21. The lowest BCUT2D eigenvalue weighted by atomic mass is 10.3. The summed E-state index contributed by atoms with van der Waals surface area (Å²) in [7, 11) is -2.31. The van der Waals surface area contributed by atoms with E-state index in [9.17, 15) is 13.2 Å². The molecule has 0 atom stereocenters. The summed E-state index contributed by atoms with van der Waals surface area (Å²) in [5, 5.41) is 5.18. The van der Waals surface area contributed by atoms with Gasteiger partial charge in [0.05, 0.1) is 28.8 Å². The lowest BCUT2D eigenvalue weighted by Gasteiger charge is -2.05. The Morgan fingerprint density at radius 2 is 2.03 bits per heavy atom. The first-order valence-electron chi connectivity index (χ1n) is 8.26. The highest BCUT2D eigenvalue weighted by Gasteiger charge is 2.13. The molecule has 0 aliphatic heterocycles. The first-order valence-corrected chi connectivity index (χ1v) is 10.6. The van der Waals surface area contributed by atoms with Crippen molar-refractivity contribution in [3.63, 3.8) is 0 Å². The summed E-state index contributed by atoms with van der Waals surface area (Å²) in [6.07, 6.45) is 5.43. The van der Waals surface area contributed by atoms with Gasteiger partial charge < -0.3 is 14.0 Å². The van der Waals surface area contributed by atoms with Crippen molar-refractivity contribution < 1.29 is 22.7 Å². The van der Waals surface area contributed by atoms with Crippen LogP contribution in [0.15, 0.2) is 52.4 Å². The highest BCUT2D eigenvalue weighted by Crippen LogP contribution is 2.21. The Kier molecular flexibility index (Phi) is 6.03. The highest BCUT2D eigenvalue weighted by molar-refractivity contribution is 7.89. The number of nitrogens with zero attached hydrogens (tertiary/aromatic N) is 2. The second kappa shape index (κ2) is 8.48. The maximum absolute atomic E-state index is 12.3. The van der Waals surface area contributed by atoms with E-state index in [1.54, 1.807) is 34.9 Å². The molecule has 2 N–H and O–H groups in total. The number of amides is 1. The van der Waals surface area contributed by atoms with Gasteiger partial charge >= 0.3 is 0 Å². The Balaban J connectivity index is 1.92. The fourth-order valence-corrected chi connectivity index (χ4v) is 4.24. The summed E-state index contributed by atoms with van der Waals surface area (Å²) >= 11 is 1.13. The molecule has 0 saturated heterocycles. The number of hydrogen-bond donors (Lipinski definition) is 1. The Morgan fingerprint density at radius 1 is 1.28 bits per heavy atom. The van der Waals surface area contributed by atoms with E-state index < -0.39 is 15.9 Å². The number of hydrogen-bond acceptors (Lipinski definition) is 6. The van der Waals surface area contributed by atoms with Gasteiger partial charge in [-0.1, -0.05) is 23.3 Å². The summed E-state index contributed by atoms with van der Waals surface area (Å²) in [5.74, 6) is 3.06. The molecule has 0 unspecified atom stereocenters. The zero-order chi connectivity index (χ0) is 21.0. The van der Waals surface area contributed by atoms with Gasteiger partial charge in [0.15, 0.2) is 11.4 Å². The minimum Gasteiger partial charge on any atom is -0.497 e. The Hall–Kier alpha value is -3.13. The molecule has 2 aromatic carbocycles. The number of rotatable bonds is 6. The number of thiazole rings is 1. The van der Waals surface area contributed by atoms with Gasteiger partial charge in [-0.05, 0) is 30.3 Å². The minimum atomic E-state index is -3.85. The molecule has 1 amide bonds. The average Bonchev–Trinajstić information content (AvgIpc) is 3.02. The van der Waals surface area contributed by atoms with Gasteiger partial charge in [0, 0.05) is 6.07 Å². The van der Waals surface area contributed by atoms with Gasteiger partial charge in [-0.25, -0.2) is 13.6 Å². The molecule has 0 spiro atoms. The molecule has 10 heteroatoms. The first kappa shape index (κ1) is 20.6. The van der Waals surface area contributed by atoms with Crippen LogP contribution in [0, 0.1) is 12.3 Å². The number of ether oxygens (including phenoxy) is 2. The Bertz CT molecular complexity index is 1280. The van der Waals surface area contributed by atoms with Crippen molar-refractivity contribution in [3.05, 3.63) is 47.3 Å². The van der Waals surface area contributed by atoms with Crippen LogP contribution < -0.4 is 19.4 Å². The third-order valence-corrected chi connectivity index (χ3v) is 5.81. The fourth-order valence-electron chi connectivity index (χ4n) is 2.53. The van der Waals surface area contributed by atoms with Crippen molar-refractivity contribution >= 4 is 37.5 Å². The second-order valence-corrected chi connectivity index (χ2v) is 8.39. The zero-order valence-electron chi connectivity index (χ0n) is 15.4. The van der Waals surface area contributed by atoms with Crippen molar-refractivity contribution in [2.24, 2.45) is 10.1 Å². The molecular formula is C19H17N3O5S2. The average molecular weight is 431 g/mol. The number of primary sulfonamides is 1. The summed E-state index contributed by atoms with van der Waals surface area (Å²) in [6.45, 7) is -0.114. The van der Waals surface area contributed by atoms with Crippen LogP contribution >= 0.6 is 11.3 Å². The third-order valence-electron chi connectivity index (χ3n) is 3.86. The van der Waals surface area contributed by atoms with Crippen molar-refractivity contribution in [2.45, 2.75) is 11.4 Å². The number of nitrogens with two attached hydrogens (primary N) is 1. The summed E-state index contributed by atoms with van der Waals surface area (Å²) < 4.78 is 36.0. The molecule has 0 aliphatic carbocycles. The molecule has 0 saturated carbocycles. The summed E-state index contributed by atoms with van der Waals surface area (Å²) in [5.41, 5.74) is 0.653. The van der Waals surface area contributed by atoms with Crippen LogP contribution in [0.2, 0.25) is 0 Å². The molecule has 150 valence electrons. The van der Waals surface area contributed by atoms with Gasteiger partial charge in [-0.2, -0.15) is 4.99 Å². The molecular weight excluding hydrogens is 414 g/mol. The monoisotopic (exact) mass is 431 g/mol. The van der Waals surface area contributed by atoms with E-state index >= 15 is 0 Å². The van der Waals surface area contributed by atoms with E-state index in [4.69, 9.17) is 21.0 Å². The molecule has 1 aromatic heterocycles. The molecule has 0 bridgehead atoms. The van der Waals surface area contributed by atoms with Crippen molar-refractivity contribution in [3.8, 4) is 23.8 Å². The number of fused-ring (bicyclic) bond motifs is 1. The molecule has 0 aliphatic rings. The van der Waals surface area contributed by atoms with Gasteiger partial charge in [0.1, 0.15) is 11.5 Å². The number of benzene rings is 2. The van der Waals surface area contributed by atoms with E-state index in [1.807, 2.05) is 0 Å². The normalized spacial score (nSPS) is 12.0. The number of carbonyl (C=O) groups is 1. The molecule has 0 fully saturated rings.